The van der Waals surface area contributed by atoms with Gasteiger partial charge in [-0.3, -0.25) is 0 Å². The molecule has 0 fully saturated rings. The van der Waals surface area contributed by atoms with Gasteiger partial charge in [0.25, 0.3) is 0 Å². The van der Waals surface area contributed by atoms with Crippen LogP contribution < -0.4 is 4.74 Å². The summed E-state index contributed by atoms with van der Waals surface area (Å²) in [4.78, 5) is 0. The van der Waals surface area contributed by atoms with Crippen LogP contribution in [0.4, 0.5) is 4.39 Å². The Bertz CT molecular complexity index is 365. The fraction of sp³-hybridized carbons (Fsp3) is 0.200. The Morgan fingerprint density at radius 2 is 2.29 bits per heavy atom. The molecule has 0 spiro atoms. The molecule has 0 aliphatic rings. The van der Waals surface area contributed by atoms with Crippen molar-refractivity contribution in [2.24, 2.45) is 0 Å². The molecule has 0 unspecified atom stereocenters. The van der Waals surface area contributed by atoms with Crippen LogP contribution in [0.5, 0.6) is 5.75 Å². The number of methoxy groups -OCH3 is 1. The number of halogens is 3. The molecule has 0 atom stereocenters. The van der Waals surface area contributed by atoms with Crippen LogP contribution in [0.1, 0.15) is 5.56 Å². The first-order valence-electron chi connectivity index (χ1n) is 3.88. The molecule has 0 amide bonds. The molecule has 0 saturated carbocycles. The Morgan fingerprint density at radius 3 is 2.79 bits per heavy atom. The first-order valence-corrected chi connectivity index (χ1v) is 5.37. The van der Waals surface area contributed by atoms with E-state index in [0.717, 1.165) is 0 Å². The minimum Gasteiger partial charge on any atom is -0.496 e. The number of alkyl halides is 1. The molecule has 0 aliphatic heterocycles. The van der Waals surface area contributed by atoms with Gasteiger partial charge in [-0.2, -0.15) is 0 Å². The van der Waals surface area contributed by atoms with E-state index in [-0.39, 0.29) is 5.02 Å². The molecule has 0 radical (unpaired) electrons. The van der Waals surface area contributed by atoms with Crippen molar-refractivity contribution in [3.05, 3.63) is 35.1 Å². The van der Waals surface area contributed by atoms with Gasteiger partial charge < -0.3 is 4.74 Å². The second-order valence-electron chi connectivity index (χ2n) is 2.68. The Kier molecular flexibility index (Phi) is 3.96. The molecule has 0 bridgehead atoms. The maximum atomic E-state index is 13.1. The van der Waals surface area contributed by atoms with Crippen molar-refractivity contribution in [2.75, 3.05) is 12.4 Å². The standard InChI is InChI=1S/C10H9BrClFO/c1-6(5-11)9-8(14-2)4-3-7(13)10(9)12/h3-4H,1,5H2,2H3. The van der Waals surface area contributed by atoms with E-state index in [9.17, 15) is 4.39 Å². The fourth-order valence-electron chi connectivity index (χ4n) is 1.10. The average molecular weight is 280 g/mol. The van der Waals surface area contributed by atoms with Crippen molar-refractivity contribution in [1.82, 2.24) is 0 Å². The van der Waals surface area contributed by atoms with Crippen molar-refractivity contribution < 1.29 is 9.13 Å². The molecule has 1 aromatic carbocycles. The molecule has 4 heteroatoms. The molecule has 1 nitrogen and oxygen atoms in total. The zero-order chi connectivity index (χ0) is 10.7. The minimum absolute atomic E-state index is 0.0498. The van der Waals surface area contributed by atoms with Crippen LogP contribution >= 0.6 is 27.5 Å². The van der Waals surface area contributed by atoms with Gasteiger partial charge in [0.05, 0.1) is 12.1 Å². The van der Waals surface area contributed by atoms with E-state index in [1.54, 1.807) is 0 Å². The van der Waals surface area contributed by atoms with Crippen molar-refractivity contribution >= 4 is 33.1 Å². The van der Waals surface area contributed by atoms with Gasteiger partial charge in [-0.05, 0) is 17.7 Å². The van der Waals surface area contributed by atoms with Gasteiger partial charge in [-0.1, -0.05) is 34.1 Å². The normalized spacial score (nSPS) is 10.0. The summed E-state index contributed by atoms with van der Waals surface area (Å²) in [5, 5.41) is 0.570. The second kappa shape index (κ2) is 4.80. The SMILES string of the molecule is C=C(CBr)c1c(OC)ccc(F)c1Cl. The molecule has 0 aliphatic carbocycles. The Labute approximate surface area is 95.7 Å². The third-order valence-corrected chi connectivity index (χ3v) is 2.84. The summed E-state index contributed by atoms with van der Waals surface area (Å²) in [5.74, 6) is 0.0606. The summed E-state index contributed by atoms with van der Waals surface area (Å²) >= 11 is 9.05. The van der Waals surface area contributed by atoms with E-state index in [1.165, 1.54) is 19.2 Å². The highest BCUT2D eigenvalue weighted by molar-refractivity contribution is 9.09. The summed E-state index contributed by atoms with van der Waals surface area (Å²) < 4.78 is 18.2. The molecule has 0 saturated heterocycles. The monoisotopic (exact) mass is 278 g/mol. The third kappa shape index (κ3) is 2.10. The molecular weight excluding hydrogens is 270 g/mol. The summed E-state index contributed by atoms with van der Waals surface area (Å²) in [6, 6.07) is 2.80. The van der Waals surface area contributed by atoms with Gasteiger partial charge in [-0.15, -0.1) is 0 Å². The summed E-state index contributed by atoms with van der Waals surface area (Å²) in [7, 11) is 1.51. The fourth-order valence-corrected chi connectivity index (χ4v) is 1.67. The van der Waals surface area contributed by atoms with Crippen LogP contribution in [0.3, 0.4) is 0 Å². The van der Waals surface area contributed by atoms with E-state index in [2.05, 4.69) is 22.5 Å². The summed E-state index contributed by atoms with van der Waals surface area (Å²) in [6.07, 6.45) is 0. The van der Waals surface area contributed by atoms with Crippen LogP contribution in [0.15, 0.2) is 18.7 Å². The van der Waals surface area contributed by atoms with Crippen molar-refractivity contribution in [3.8, 4) is 5.75 Å². The lowest BCUT2D eigenvalue weighted by Gasteiger charge is -2.11. The molecule has 1 rings (SSSR count). The Balaban J connectivity index is 3.35. The number of rotatable bonds is 3. The topological polar surface area (TPSA) is 9.23 Å². The van der Waals surface area contributed by atoms with Crippen LogP contribution in [0.25, 0.3) is 5.57 Å². The summed E-state index contributed by atoms with van der Waals surface area (Å²) in [5.41, 5.74) is 1.21. The zero-order valence-corrected chi connectivity index (χ0v) is 9.95. The number of benzene rings is 1. The molecule has 0 heterocycles. The number of hydrogen-bond donors (Lipinski definition) is 0. The van der Waals surface area contributed by atoms with Crippen LogP contribution in [-0.4, -0.2) is 12.4 Å². The molecule has 0 N–H and O–H groups in total. The van der Waals surface area contributed by atoms with Gasteiger partial charge in [0, 0.05) is 10.9 Å². The highest BCUT2D eigenvalue weighted by atomic mass is 79.9. The van der Waals surface area contributed by atoms with Gasteiger partial charge in [0.2, 0.25) is 0 Å². The maximum absolute atomic E-state index is 13.1. The minimum atomic E-state index is -0.468. The van der Waals surface area contributed by atoms with Crippen LogP contribution in [0.2, 0.25) is 5.02 Å². The Hall–Kier alpha value is -0.540. The molecule has 14 heavy (non-hydrogen) atoms. The van der Waals surface area contributed by atoms with Crippen LogP contribution in [0, 0.1) is 5.82 Å². The lowest BCUT2D eigenvalue weighted by Crippen LogP contribution is -1.95. The van der Waals surface area contributed by atoms with Gasteiger partial charge >= 0.3 is 0 Å². The van der Waals surface area contributed by atoms with Crippen molar-refractivity contribution in [2.45, 2.75) is 0 Å². The van der Waals surface area contributed by atoms with Gasteiger partial charge in [0.15, 0.2) is 0 Å². The van der Waals surface area contributed by atoms with E-state index in [1.807, 2.05) is 0 Å². The summed E-state index contributed by atoms with van der Waals surface area (Å²) in [6.45, 7) is 3.78. The predicted octanol–water partition coefficient (Wildman–Crippen LogP) is 3.90. The van der Waals surface area contributed by atoms with Crippen molar-refractivity contribution in [3.63, 3.8) is 0 Å². The van der Waals surface area contributed by atoms with E-state index in [0.29, 0.717) is 22.2 Å². The highest BCUT2D eigenvalue weighted by Gasteiger charge is 2.14. The average Bonchev–Trinajstić information content (AvgIpc) is 2.20. The third-order valence-electron chi connectivity index (χ3n) is 1.79. The lowest BCUT2D eigenvalue weighted by molar-refractivity contribution is 0.412. The molecular formula is C10H9BrClFO. The van der Waals surface area contributed by atoms with E-state index >= 15 is 0 Å². The number of hydrogen-bond acceptors (Lipinski definition) is 1. The van der Waals surface area contributed by atoms with Gasteiger partial charge in [-0.25, -0.2) is 4.39 Å². The molecule has 76 valence electrons. The smallest absolute Gasteiger partial charge is 0.142 e. The first kappa shape index (κ1) is 11.5. The number of ether oxygens (including phenoxy) is 1. The quantitative estimate of drug-likeness (QED) is 0.763. The lowest BCUT2D eigenvalue weighted by atomic mass is 10.1. The van der Waals surface area contributed by atoms with Crippen molar-refractivity contribution in [1.29, 1.82) is 0 Å². The van der Waals surface area contributed by atoms with E-state index < -0.39 is 5.82 Å². The highest BCUT2D eigenvalue weighted by Crippen LogP contribution is 2.34. The molecule has 1 aromatic rings. The second-order valence-corrected chi connectivity index (χ2v) is 3.61. The van der Waals surface area contributed by atoms with E-state index in [4.69, 9.17) is 16.3 Å². The Morgan fingerprint density at radius 1 is 1.64 bits per heavy atom. The van der Waals surface area contributed by atoms with Crippen LogP contribution in [-0.2, 0) is 0 Å². The molecule has 0 aromatic heterocycles. The zero-order valence-electron chi connectivity index (χ0n) is 7.61. The largest absolute Gasteiger partial charge is 0.496 e. The first-order chi connectivity index (χ1) is 6.61. The number of allylic oxidation sites excluding steroid dienone is 1. The predicted molar refractivity (Wildman–Crippen MR) is 60.8 cm³/mol. The maximum Gasteiger partial charge on any atom is 0.142 e. The van der Waals surface area contributed by atoms with Gasteiger partial charge in [0.1, 0.15) is 11.6 Å².